The van der Waals surface area contributed by atoms with Gasteiger partial charge < -0.3 is 4.74 Å². The average Bonchev–Trinajstić information content (AvgIpc) is 2.45. The van der Waals surface area contributed by atoms with E-state index in [1.54, 1.807) is 0 Å². The highest BCUT2D eigenvalue weighted by Gasteiger charge is 2.34. The molecule has 0 fully saturated rings. The molecular weight excluding hydrogens is 244 g/mol. The van der Waals surface area contributed by atoms with Crippen molar-refractivity contribution in [2.45, 2.75) is 32.8 Å². The Bertz CT molecular complexity index is 471. The van der Waals surface area contributed by atoms with E-state index in [2.05, 4.69) is 81.4 Å². The van der Waals surface area contributed by atoms with E-state index in [9.17, 15) is 0 Å². The molecule has 0 saturated heterocycles. The summed E-state index contributed by atoms with van der Waals surface area (Å²) in [5.41, 5.74) is 2.69. The lowest BCUT2D eigenvalue weighted by Gasteiger charge is -2.36. The lowest BCUT2D eigenvalue weighted by atomic mass is 9.75. The van der Waals surface area contributed by atoms with Crippen LogP contribution in [0.2, 0.25) is 0 Å². The van der Waals surface area contributed by atoms with Crippen molar-refractivity contribution < 1.29 is 4.74 Å². The van der Waals surface area contributed by atoms with Crippen molar-refractivity contribution in [2.75, 3.05) is 7.11 Å². The van der Waals surface area contributed by atoms with Gasteiger partial charge in [-0.3, -0.25) is 0 Å². The Balaban J connectivity index is 2.50. The normalized spacial score (nSPS) is 13.4. The molecule has 1 heteroatoms. The minimum atomic E-state index is 0.0745. The van der Waals surface area contributed by atoms with Crippen LogP contribution in [0.1, 0.15) is 37.8 Å². The molecule has 0 heterocycles. The lowest BCUT2D eigenvalue weighted by Crippen LogP contribution is -2.35. The number of benzene rings is 2. The van der Waals surface area contributed by atoms with E-state index in [0.29, 0.717) is 0 Å². The Hall–Kier alpha value is -1.60. The molecule has 0 bridgehead atoms. The summed E-state index contributed by atoms with van der Waals surface area (Å²) in [5.74, 6) is 0.252. The molecule has 2 aromatic carbocycles. The molecule has 0 amide bonds. The van der Waals surface area contributed by atoms with Gasteiger partial charge in [0.15, 0.2) is 0 Å². The molecule has 0 N–H and O–H groups in total. The first kappa shape index (κ1) is 14.8. The van der Waals surface area contributed by atoms with Crippen LogP contribution in [0.4, 0.5) is 0 Å². The van der Waals surface area contributed by atoms with Gasteiger partial charge in [-0.15, -0.1) is 0 Å². The molecule has 0 aliphatic heterocycles. The van der Waals surface area contributed by atoms with Crippen LogP contribution in [0.5, 0.6) is 0 Å². The topological polar surface area (TPSA) is 9.23 Å². The van der Waals surface area contributed by atoms with Crippen LogP contribution in [-0.4, -0.2) is 13.2 Å². The Kier molecular flexibility index (Phi) is 4.61. The third-order valence-electron chi connectivity index (χ3n) is 3.73. The molecule has 0 aliphatic carbocycles. The van der Waals surface area contributed by atoms with Gasteiger partial charge in [-0.05, 0) is 16.5 Å². The minimum Gasteiger partial charge on any atom is -0.380 e. The first-order chi connectivity index (χ1) is 9.54. The van der Waals surface area contributed by atoms with E-state index in [1.807, 2.05) is 7.11 Å². The zero-order valence-corrected chi connectivity index (χ0v) is 12.8. The second-order valence-corrected chi connectivity index (χ2v) is 6.32. The third-order valence-corrected chi connectivity index (χ3v) is 3.73. The van der Waals surface area contributed by atoms with Crippen molar-refractivity contribution in [1.29, 1.82) is 0 Å². The van der Waals surface area contributed by atoms with E-state index in [4.69, 9.17) is 4.74 Å². The van der Waals surface area contributed by atoms with Crippen LogP contribution in [0.15, 0.2) is 60.7 Å². The van der Waals surface area contributed by atoms with Crippen molar-refractivity contribution in [3.05, 3.63) is 71.8 Å². The van der Waals surface area contributed by atoms with Crippen molar-refractivity contribution in [2.24, 2.45) is 5.41 Å². The van der Waals surface area contributed by atoms with E-state index in [1.165, 1.54) is 11.1 Å². The van der Waals surface area contributed by atoms with Crippen LogP contribution < -0.4 is 0 Å². The predicted molar refractivity (Wildman–Crippen MR) is 85.0 cm³/mol. The second kappa shape index (κ2) is 6.23. The van der Waals surface area contributed by atoms with Gasteiger partial charge in [0.2, 0.25) is 0 Å². The maximum atomic E-state index is 5.89. The Morgan fingerprint density at radius 2 is 1.15 bits per heavy atom. The zero-order chi connectivity index (χ0) is 14.6. The first-order valence-electron chi connectivity index (χ1n) is 7.16. The number of methoxy groups -OCH3 is 1. The van der Waals surface area contributed by atoms with Gasteiger partial charge in [0.25, 0.3) is 0 Å². The molecule has 0 aromatic heterocycles. The summed E-state index contributed by atoms with van der Waals surface area (Å²) in [5, 5.41) is 0. The zero-order valence-electron chi connectivity index (χ0n) is 12.8. The minimum absolute atomic E-state index is 0.0745. The number of hydrogen-bond acceptors (Lipinski definition) is 1. The van der Waals surface area contributed by atoms with Gasteiger partial charge in [0.1, 0.15) is 0 Å². The Labute approximate surface area is 122 Å². The fourth-order valence-electron chi connectivity index (χ4n) is 2.85. The molecule has 106 valence electrons. The van der Waals surface area contributed by atoms with Gasteiger partial charge in [-0.2, -0.15) is 0 Å². The summed E-state index contributed by atoms with van der Waals surface area (Å²) in [6.07, 6.45) is 0.132. The van der Waals surface area contributed by atoms with Crippen LogP contribution in [0.25, 0.3) is 0 Å². The average molecular weight is 268 g/mol. The van der Waals surface area contributed by atoms with Crippen LogP contribution in [0.3, 0.4) is 0 Å². The van der Waals surface area contributed by atoms with E-state index >= 15 is 0 Å². The van der Waals surface area contributed by atoms with Crippen molar-refractivity contribution in [3.63, 3.8) is 0 Å². The molecule has 2 rings (SSSR count). The highest BCUT2D eigenvalue weighted by molar-refractivity contribution is 5.34. The molecule has 0 aliphatic rings. The molecule has 1 atom stereocenters. The maximum absolute atomic E-state index is 5.89. The molecule has 0 radical (unpaired) electrons. The van der Waals surface area contributed by atoms with Crippen molar-refractivity contribution in [1.82, 2.24) is 0 Å². The standard InChI is InChI=1S/C19H24O/c1-19(2,3)18(20-4)17(15-11-7-5-8-12-15)16-13-9-6-10-14-16/h5-14,17-18H,1-4H3. The van der Waals surface area contributed by atoms with Gasteiger partial charge in [-0.25, -0.2) is 0 Å². The number of rotatable bonds is 4. The van der Waals surface area contributed by atoms with Gasteiger partial charge in [0.05, 0.1) is 6.10 Å². The highest BCUT2D eigenvalue weighted by Crippen LogP contribution is 2.38. The summed E-state index contributed by atoms with van der Waals surface area (Å²) in [7, 11) is 1.81. The van der Waals surface area contributed by atoms with Crippen LogP contribution in [-0.2, 0) is 4.74 Å². The van der Waals surface area contributed by atoms with Gasteiger partial charge >= 0.3 is 0 Å². The van der Waals surface area contributed by atoms with Gasteiger partial charge in [0, 0.05) is 13.0 Å². The molecule has 0 spiro atoms. The van der Waals surface area contributed by atoms with Crippen molar-refractivity contribution in [3.8, 4) is 0 Å². The first-order valence-corrected chi connectivity index (χ1v) is 7.16. The summed E-state index contributed by atoms with van der Waals surface area (Å²) in [4.78, 5) is 0. The third kappa shape index (κ3) is 3.29. The lowest BCUT2D eigenvalue weighted by molar-refractivity contribution is 0.00499. The number of ether oxygens (including phenoxy) is 1. The molecule has 2 aromatic rings. The summed E-state index contributed by atoms with van der Waals surface area (Å²) in [6.45, 7) is 6.71. The Morgan fingerprint density at radius 3 is 1.45 bits per heavy atom. The highest BCUT2D eigenvalue weighted by atomic mass is 16.5. The fourth-order valence-corrected chi connectivity index (χ4v) is 2.85. The van der Waals surface area contributed by atoms with Gasteiger partial charge in [-0.1, -0.05) is 81.4 Å². The molecule has 1 nitrogen and oxygen atoms in total. The van der Waals surface area contributed by atoms with E-state index in [-0.39, 0.29) is 17.4 Å². The summed E-state index contributed by atoms with van der Waals surface area (Å²) < 4.78 is 5.89. The fraction of sp³-hybridized carbons (Fsp3) is 0.368. The second-order valence-electron chi connectivity index (χ2n) is 6.32. The Morgan fingerprint density at radius 1 is 0.750 bits per heavy atom. The molecule has 1 unspecified atom stereocenters. The number of hydrogen-bond donors (Lipinski definition) is 0. The largest absolute Gasteiger partial charge is 0.380 e. The SMILES string of the molecule is COC(C(c1ccccc1)c1ccccc1)C(C)(C)C. The molecule has 0 saturated carbocycles. The van der Waals surface area contributed by atoms with E-state index < -0.39 is 0 Å². The maximum Gasteiger partial charge on any atom is 0.0728 e. The smallest absolute Gasteiger partial charge is 0.0728 e. The van der Waals surface area contributed by atoms with Crippen molar-refractivity contribution >= 4 is 0 Å². The van der Waals surface area contributed by atoms with Crippen LogP contribution >= 0.6 is 0 Å². The quantitative estimate of drug-likeness (QED) is 0.768. The van der Waals surface area contributed by atoms with E-state index in [0.717, 1.165) is 0 Å². The molecular formula is C19H24O. The summed E-state index contributed by atoms with van der Waals surface area (Å²) >= 11 is 0. The monoisotopic (exact) mass is 268 g/mol. The van der Waals surface area contributed by atoms with Crippen LogP contribution in [0, 0.1) is 5.41 Å². The molecule has 20 heavy (non-hydrogen) atoms. The summed E-state index contributed by atoms with van der Waals surface area (Å²) in [6, 6.07) is 21.3. The predicted octanol–water partition coefficient (Wildman–Crippen LogP) is 4.88.